The van der Waals surface area contributed by atoms with Gasteiger partial charge in [-0.3, -0.25) is 0 Å². The zero-order valence-corrected chi connectivity index (χ0v) is 14.0. The van der Waals surface area contributed by atoms with Crippen molar-refractivity contribution in [2.24, 2.45) is 11.3 Å². The number of benzene rings is 1. The molecule has 0 saturated carbocycles. The van der Waals surface area contributed by atoms with Crippen LogP contribution in [0.5, 0.6) is 0 Å². The Morgan fingerprint density at radius 2 is 2.16 bits per heavy atom. The number of anilines is 1. The molecule has 3 heteroatoms. The van der Waals surface area contributed by atoms with Crippen LogP contribution in [0.3, 0.4) is 0 Å². The van der Waals surface area contributed by atoms with E-state index in [9.17, 15) is 0 Å². The van der Waals surface area contributed by atoms with E-state index >= 15 is 0 Å². The Balaban J connectivity index is 2.16. The molecule has 0 aromatic heterocycles. The van der Waals surface area contributed by atoms with Crippen LogP contribution in [0.4, 0.5) is 5.69 Å². The lowest BCUT2D eigenvalue weighted by molar-refractivity contribution is 0.174. The normalized spacial score (nSPS) is 22.6. The Kier molecular flexibility index (Phi) is 4.57. The Labute approximate surface area is 125 Å². The van der Waals surface area contributed by atoms with Crippen molar-refractivity contribution in [1.82, 2.24) is 5.32 Å². The molecular weight excluding hydrogens is 300 g/mol. The summed E-state index contributed by atoms with van der Waals surface area (Å²) in [5.41, 5.74) is 2.99. The van der Waals surface area contributed by atoms with Crippen LogP contribution in [0.2, 0.25) is 0 Å². The van der Waals surface area contributed by atoms with Crippen LogP contribution in [0.1, 0.15) is 25.8 Å². The molecule has 0 aliphatic carbocycles. The Bertz CT molecular complexity index is 442. The first-order chi connectivity index (χ1) is 8.94. The first kappa shape index (κ1) is 14.9. The highest BCUT2D eigenvalue weighted by atomic mass is 79.9. The molecule has 0 spiro atoms. The molecule has 19 heavy (non-hydrogen) atoms. The topological polar surface area (TPSA) is 15.3 Å². The molecule has 1 atom stereocenters. The van der Waals surface area contributed by atoms with Gasteiger partial charge in [0.05, 0.1) is 5.69 Å². The van der Waals surface area contributed by atoms with Gasteiger partial charge in [-0.25, -0.2) is 0 Å². The number of hydrogen-bond acceptors (Lipinski definition) is 2. The molecule has 1 fully saturated rings. The summed E-state index contributed by atoms with van der Waals surface area (Å²) in [6, 6.07) is 6.66. The average molecular weight is 325 g/mol. The molecule has 1 heterocycles. The van der Waals surface area contributed by atoms with Crippen molar-refractivity contribution in [1.29, 1.82) is 0 Å². The van der Waals surface area contributed by atoms with Gasteiger partial charge in [0.25, 0.3) is 0 Å². The molecule has 106 valence electrons. The van der Waals surface area contributed by atoms with Crippen LogP contribution in [0, 0.1) is 18.3 Å². The number of hydrogen-bond donors (Lipinski definition) is 1. The third kappa shape index (κ3) is 3.32. The predicted molar refractivity (Wildman–Crippen MR) is 86.9 cm³/mol. The minimum Gasteiger partial charge on any atom is -0.370 e. The summed E-state index contributed by atoms with van der Waals surface area (Å²) in [5, 5.41) is 3.34. The monoisotopic (exact) mass is 324 g/mol. The van der Waals surface area contributed by atoms with Gasteiger partial charge in [0.2, 0.25) is 0 Å². The van der Waals surface area contributed by atoms with Crippen molar-refractivity contribution in [2.45, 2.75) is 27.2 Å². The summed E-state index contributed by atoms with van der Waals surface area (Å²) in [6.07, 6.45) is 1.26. The van der Waals surface area contributed by atoms with Gasteiger partial charge in [-0.1, -0.05) is 19.9 Å². The Hall–Kier alpha value is -0.540. The number of piperidine rings is 1. The van der Waals surface area contributed by atoms with Crippen LogP contribution in [-0.4, -0.2) is 26.7 Å². The maximum atomic E-state index is 3.71. The molecule has 1 N–H and O–H groups in total. The van der Waals surface area contributed by atoms with E-state index in [2.05, 4.69) is 72.2 Å². The third-order valence-electron chi connectivity index (χ3n) is 4.35. The highest BCUT2D eigenvalue weighted by molar-refractivity contribution is 9.10. The van der Waals surface area contributed by atoms with E-state index in [1.807, 2.05) is 0 Å². The summed E-state index contributed by atoms with van der Waals surface area (Å²) in [5.74, 6) is 0.762. The van der Waals surface area contributed by atoms with Gasteiger partial charge in [0.1, 0.15) is 0 Å². The van der Waals surface area contributed by atoms with Crippen LogP contribution in [-0.2, 0) is 0 Å². The zero-order chi connectivity index (χ0) is 14.0. The molecule has 2 rings (SSSR count). The molecule has 1 saturated heterocycles. The summed E-state index contributed by atoms with van der Waals surface area (Å²) in [6.45, 7) is 10.3. The summed E-state index contributed by atoms with van der Waals surface area (Å²) >= 11 is 3.71. The fourth-order valence-electron chi connectivity index (χ4n) is 3.10. The summed E-state index contributed by atoms with van der Waals surface area (Å²) < 4.78 is 1.22. The van der Waals surface area contributed by atoms with Gasteiger partial charge in [0, 0.05) is 17.6 Å². The second-order valence-electron chi connectivity index (χ2n) is 6.41. The first-order valence-electron chi connectivity index (χ1n) is 7.10. The third-order valence-corrected chi connectivity index (χ3v) is 4.98. The number of halogens is 1. The van der Waals surface area contributed by atoms with Gasteiger partial charge in [-0.05, 0) is 71.9 Å². The predicted octanol–water partition coefficient (Wildman–Crippen LogP) is 3.83. The van der Waals surface area contributed by atoms with Gasteiger partial charge in [-0.2, -0.15) is 0 Å². The highest BCUT2D eigenvalue weighted by Crippen LogP contribution is 2.38. The van der Waals surface area contributed by atoms with Crippen molar-refractivity contribution >= 4 is 21.6 Å². The number of rotatable bonds is 3. The number of nitrogens with one attached hydrogen (secondary N) is 1. The fourth-order valence-corrected chi connectivity index (χ4v) is 3.85. The molecule has 0 bridgehead atoms. The van der Waals surface area contributed by atoms with E-state index in [-0.39, 0.29) is 0 Å². The number of nitrogens with zero attached hydrogens (tertiary/aromatic N) is 1. The van der Waals surface area contributed by atoms with E-state index < -0.39 is 0 Å². The molecule has 1 aromatic rings. The second-order valence-corrected chi connectivity index (χ2v) is 7.26. The van der Waals surface area contributed by atoms with E-state index in [4.69, 9.17) is 0 Å². The van der Waals surface area contributed by atoms with Crippen LogP contribution < -0.4 is 10.2 Å². The standard InChI is InChI=1S/C16H25BrN2/c1-12-5-6-15(14(17)9-12)19-8-7-13(10-18-4)16(2,3)11-19/h5-6,9,13,18H,7-8,10-11H2,1-4H3. The minimum absolute atomic E-state index is 0.353. The number of aryl methyl sites for hydroxylation is 1. The lowest BCUT2D eigenvalue weighted by Gasteiger charge is -2.45. The smallest absolute Gasteiger partial charge is 0.0511 e. The van der Waals surface area contributed by atoms with Gasteiger partial charge >= 0.3 is 0 Å². The van der Waals surface area contributed by atoms with Crippen molar-refractivity contribution in [3.63, 3.8) is 0 Å². The molecule has 1 aliphatic rings. The zero-order valence-electron chi connectivity index (χ0n) is 12.5. The summed E-state index contributed by atoms with van der Waals surface area (Å²) in [7, 11) is 2.05. The molecule has 0 amide bonds. The second kappa shape index (κ2) is 5.84. The molecule has 0 radical (unpaired) electrons. The van der Waals surface area contributed by atoms with Crippen LogP contribution >= 0.6 is 15.9 Å². The molecule has 1 aromatic carbocycles. The van der Waals surface area contributed by atoms with E-state index in [1.165, 1.54) is 22.1 Å². The first-order valence-corrected chi connectivity index (χ1v) is 7.89. The molecule has 2 nitrogen and oxygen atoms in total. The Morgan fingerprint density at radius 3 is 2.74 bits per heavy atom. The minimum atomic E-state index is 0.353. The van der Waals surface area contributed by atoms with Gasteiger partial charge < -0.3 is 10.2 Å². The fraction of sp³-hybridized carbons (Fsp3) is 0.625. The lowest BCUT2D eigenvalue weighted by atomic mass is 9.73. The van der Waals surface area contributed by atoms with Crippen LogP contribution in [0.25, 0.3) is 0 Å². The van der Waals surface area contributed by atoms with Crippen molar-refractivity contribution < 1.29 is 0 Å². The van der Waals surface area contributed by atoms with Crippen molar-refractivity contribution in [3.05, 3.63) is 28.2 Å². The van der Waals surface area contributed by atoms with Crippen molar-refractivity contribution in [3.8, 4) is 0 Å². The lowest BCUT2D eigenvalue weighted by Crippen LogP contribution is -2.48. The Morgan fingerprint density at radius 1 is 1.42 bits per heavy atom. The average Bonchev–Trinajstić information content (AvgIpc) is 2.31. The highest BCUT2D eigenvalue weighted by Gasteiger charge is 2.35. The van der Waals surface area contributed by atoms with Gasteiger partial charge in [-0.15, -0.1) is 0 Å². The van der Waals surface area contributed by atoms with E-state index in [0.717, 1.165) is 25.6 Å². The molecule has 1 aliphatic heterocycles. The molecule has 1 unspecified atom stereocenters. The van der Waals surface area contributed by atoms with E-state index in [0.29, 0.717) is 5.41 Å². The quantitative estimate of drug-likeness (QED) is 0.909. The van der Waals surface area contributed by atoms with Gasteiger partial charge in [0.15, 0.2) is 0 Å². The molecular formula is C16H25BrN2. The van der Waals surface area contributed by atoms with Crippen LogP contribution in [0.15, 0.2) is 22.7 Å². The summed E-state index contributed by atoms with van der Waals surface area (Å²) in [4.78, 5) is 2.52. The SMILES string of the molecule is CNCC1CCN(c2ccc(C)cc2Br)CC1(C)C. The maximum Gasteiger partial charge on any atom is 0.0511 e. The van der Waals surface area contributed by atoms with E-state index in [1.54, 1.807) is 0 Å². The largest absolute Gasteiger partial charge is 0.370 e. The maximum absolute atomic E-state index is 3.71. The van der Waals surface area contributed by atoms with Crippen molar-refractivity contribution in [2.75, 3.05) is 31.6 Å².